The van der Waals surface area contributed by atoms with Crippen LogP contribution in [0.3, 0.4) is 0 Å². The molecule has 0 amide bonds. The first kappa shape index (κ1) is 15.8. The molecule has 4 aromatic rings. The molecule has 134 valence electrons. The summed E-state index contributed by atoms with van der Waals surface area (Å²) in [6.45, 7) is 3.02. The van der Waals surface area contributed by atoms with Crippen molar-refractivity contribution in [2.75, 3.05) is 0 Å². The third kappa shape index (κ3) is 2.87. The standard InChI is InChI=1S/C18H15N7O2/c1-11-2-4-12(5-3-11)15-9-25-14(10-26-15)16(22-24-25)17-21-18(27-23-17)13-8-19-6-7-20-13/h2-8,15H,9-10H2,1H3/t15-/m0/s1. The van der Waals surface area contributed by atoms with Gasteiger partial charge in [-0.2, -0.15) is 4.98 Å². The summed E-state index contributed by atoms with van der Waals surface area (Å²) in [4.78, 5) is 12.5. The second-order valence-corrected chi connectivity index (χ2v) is 6.29. The fourth-order valence-corrected chi connectivity index (χ4v) is 3.00. The Morgan fingerprint density at radius 3 is 2.85 bits per heavy atom. The van der Waals surface area contributed by atoms with E-state index < -0.39 is 0 Å². The Kier molecular flexibility index (Phi) is 3.72. The molecule has 0 unspecified atom stereocenters. The summed E-state index contributed by atoms with van der Waals surface area (Å²) in [5.41, 5.74) is 4.22. The van der Waals surface area contributed by atoms with Gasteiger partial charge in [0, 0.05) is 12.4 Å². The monoisotopic (exact) mass is 361 g/mol. The molecule has 0 saturated heterocycles. The molecule has 1 atom stereocenters. The number of benzene rings is 1. The summed E-state index contributed by atoms with van der Waals surface area (Å²) in [7, 11) is 0. The molecule has 0 saturated carbocycles. The average molecular weight is 361 g/mol. The SMILES string of the molecule is Cc1ccc([C@@H]2Cn3nnc(-c4noc(-c5cnccn5)n4)c3CO2)cc1. The first-order chi connectivity index (χ1) is 13.3. The van der Waals surface area contributed by atoms with Crippen molar-refractivity contribution < 1.29 is 9.26 Å². The highest BCUT2D eigenvalue weighted by Gasteiger charge is 2.27. The van der Waals surface area contributed by atoms with Gasteiger partial charge in [-0.3, -0.25) is 4.98 Å². The van der Waals surface area contributed by atoms with Gasteiger partial charge in [-0.05, 0) is 12.5 Å². The number of aryl methyl sites for hydroxylation is 1. The van der Waals surface area contributed by atoms with E-state index in [-0.39, 0.29) is 12.0 Å². The van der Waals surface area contributed by atoms with Gasteiger partial charge in [-0.15, -0.1) is 5.10 Å². The first-order valence-electron chi connectivity index (χ1n) is 8.49. The van der Waals surface area contributed by atoms with Crippen molar-refractivity contribution >= 4 is 0 Å². The van der Waals surface area contributed by atoms with Crippen molar-refractivity contribution in [1.82, 2.24) is 35.1 Å². The molecule has 1 aliphatic rings. The van der Waals surface area contributed by atoms with Crippen molar-refractivity contribution in [3.63, 3.8) is 0 Å². The fraction of sp³-hybridized carbons (Fsp3) is 0.222. The van der Waals surface area contributed by atoms with Gasteiger partial charge >= 0.3 is 0 Å². The second-order valence-electron chi connectivity index (χ2n) is 6.29. The summed E-state index contributed by atoms with van der Waals surface area (Å²) in [5.74, 6) is 0.642. The van der Waals surface area contributed by atoms with Crippen LogP contribution in [0.15, 0.2) is 47.4 Å². The van der Waals surface area contributed by atoms with E-state index in [4.69, 9.17) is 9.26 Å². The second kappa shape index (κ2) is 6.36. The molecule has 27 heavy (non-hydrogen) atoms. The zero-order valence-corrected chi connectivity index (χ0v) is 14.5. The lowest BCUT2D eigenvalue weighted by molar-refractivity contribution is -0.00112. The molecule has 9 heteroatoms. The summed E-state index contributed by atoms with van der Waals surface area (Å²) >= 11 is 0. The smallest absolute Gasteiger partial charge is 0.278 e. The van der Waals surface area contributed by atoms with Crippen LogP contribution in [0.5, 0.6) is 0 Å². The predicted octanol–water partition coefficient (Wildman–Crippen LogP) is 2.37. The van der Waals surface area contributed by atoms with E-state index in [0.717, 1.165) is 11.3 Å². The van der Waals surface area contributed by atoms with E-state index in [9.17, 15) is 0 Å². The van der Waals surface area contributed by atoms with Crippen LogP contribution in [0.2, 0.25) is 0 Å². The minimum atomic E-state index is -0.0620. The third-order valence-corrected chi connectivity index (χ3v) is 4.47. The summed E-state index contributed by atoms with van der Waals surface area (Å²) in [6, 6.07) is 8.31. The molecule has 9 nitrogen and oxygen atoms in total. The van der Waals surface area contributed by atoms with Crippen LogP contribution in [-0.2, 0) is 17.9 Å². The number of rotatable bonds is 3. The van der Waals surface area contributed by atoms with Gasteiger partial charge in [0.1, 0.15) is 11.8 Å². The van der Waals surface area contributed by atoms with Gasteiger partial charge < -0.3 is 9.26 Å². The van der Waals surface area contributed by atoms with Crippen molar-refractivity contribution in [1.29, 1.82) is 0 Å². The van der Waals surface area contributed by atoms with E-state index in [1.54, 1.807) is 18.6 Å². The largest absolute Gasteiger partial charge is 0.365 e. The van der Waals surface area contributed by atoms with E-state index >= 15 is 0 Å². The number of nitrogens with zero attached hydrogens (tertiary/aromatic N) is 7. The zero-order valence-electron chi connectivity index (χ0n) is 14.5. The van der Waals surface area contributed by atoms with Crippen molar-refractivity contribution in [2.45, 2.75) is 26.2 Å². The van der Waals surface area contributed by atoms with E-state index in [0.29, 0.717) is 30.4 Å². The van der Waals surface area contributed by atoms with Gasteiger partial charge in [-0.25, -0.2) is 9.67 Å². The summed E-state index contributed by atoms with van der Waals surface area (Å²) in [5, 5.41) is 12.5. The first-order valence-corrected chi connectivity index (χ1v) is 8.49. The maximum Gasteiger partial charge on any atom is 0.278 e. The Morgan fingerprint density at radius 2 is 2.04 bits per heavy atom. The van der Waals surface area contributed by atoms with E-state index in [1.165, 1.54) is 5.56 Å². The highest BCUT2D eigenvalue weighted by Crippen LogP contribution is 2.30. The highest BCUT2D eigenvalue weighted by atomic mass is 16.5. The Bertz CT molecular complexity index is 1070. The number of aromatic nitrogens is 7. The molecular weight excluding hydrogens is 346 g/mol. The molecule has 0 radical (unpaired) electrons. The van der Waals surface area contributed by atoms with Crippen molar-refractivity contribution in [3.05, 3.63) is 59.7 Å². The van der Waals surface area contributed by atoms with Gasteiger partial charge in [-0.1, -0.05) is 40.2 Å². The number of fused-ring (bicyclic) bond motifs is 1. The quantitative estimate of drug-likeness (QED) is 0.548. The maximum absolute atomic E-state index is 6.03. The Morgan fingerprint density at radius 1 is 1.15 bits per heavy atom. The predicted molar refractivity (Wildman–Crippen MR) is 93.0 cm³/mol. The summed E-state index contributed by atoms with van der Waals surface area (Å²) < 4.78 is 13.2. The molecule has 0 spiro atoms. The van der Waals surface area contributed by atoms with Gasteiger partial charge in [0.05, 0.1) is 25.0 Å². The van der Waals surface area contributed by atoms with E-state index in [1.807, 2.05) is 4.68 Å². The molecule has 3 aromatic heterocycles. The number of hydrogen-bond donors (Lipinski definition) is 0. The molecular formula is C18H15N7O2. The molecule has 1 aliphatic heterocycles. The van der Waals surface area contributed by atoms with Gasteiger partial charge in [0.25, 0.3) is 5.89 Å². The Hall–Kier alpha value is -3.46. The zero-order chi connectivity index (χ0) is 18.2. The Labute approximate surface area is 154 Å². The van der Waals surface area contributed by atoms with Crippen LogP contribution in [0.4, 0.5) is 0 Å². The average Bonchev–Trinajstić information content (AvgIpc) is 3.36. The molecule has 0 aliphatic carbocycles. The normalized spacial score (nSPS) is 16.3. The van der Waals surface area contributed by atoms with Crippen LogP contribution < -0.4 is 0 Å². The molecule has 1 aromatic carbocycles. The van der Waals surface area contributed by atoms with Crippen LogP contribution >= 0.6 is 0 Å². The van der Waals surface area contributed by atoms with Gasteiger partial charge in [0.15, 0.2) is 5.69 Å². The number of ether oxygens (including phenoxy) is 1. The molecule has 0 N–H and O–H groups in total. The van der Waals surface area contributed by atoms with Crippen LogP contribution in [0, 0.1) is 6.92 Å². The molecule has 0 bridgehead atoms. The third-order valence-electron chi connectivity index (χ3n) is 4.47. The lowest BCUT2D eigenvalue weighted by Gasteiger charge is -2.24. The summed E-state index contributed by atoms with van der Waals surface area (Å²) in [6.07, 6.45) is 4.65. The van der Waals surface area contributed by atoms with Crippen LogP contribution in [0.25, 0.3) is 23.1 Å². The van der Waals surface area contributed by atoms with Gasteiger partial charge in [0.2, 0.25) is 5.82 Å². The highest BCUT2D eigenvalue weighted by molar-refractivity contribution is 5.55. The minimum absolute atomic E-state index is 0.0620. The topological polar surface area (TPSA) is 105 Å². The molecule has 4 heterocycles. The van der Waals surface area contributed by atoms with Crippen LogP contribution in [0.1, 0.15) is 22.9 Å². The number of hydrogen-bond acceptors (Lipinski definition) is 8. The van der Waals surface area contributed by atoms with Crippen LogP contribution in [-0.4, -0.2) is 35.1 Å². The van der Waals surface area contributed by atoms with E-state index in [2.05, 4.69) is 61.6 Å². The fourth-order valence-electron chi connectivity index (χ4n) is 3.00. The lowest BCUT2D eigenvalue weighted by atomic mass is 10.1. The lowest BCUT2D eigenvalue weighted by Crippen LogP contribution is -2.22. The molecule has 5 rings (SSSR count). The maximum atomic E-state index is 6.03. The van der Waals surface area contributed by atoms with Crippen molar-refractivity contribution in [3.8, 4) is 23.1 Å². The Balaban J connectivity index is 1.42. The molecule has 0 fully saturated rings. The minimum Gasteiger partial charge on any atom is -0.365 e. The van der Waals surface area contributed by atoms with Crippen molar-refractivity contribution in [2.24, 2.45) is 0 Å².